The minimum atomic E-state index is -0.259. The first-order chi connectivity index (χ1) is 13.5. The van der Waals surface area contributed by atoms with Gasteiger partial charge in [-0.1, -0.05) is 18.2 Å². The summed E-state index contributed by atoms with van der Waals surface area (Å²) in [6.45, 7) is 0. The number of benzene rings is 1. The first-order valence-electron chi connectivity index (χ1n) is 8.90. The molecule has 0 amide bonds. The number of hydrogen-bond acceptors (Lipinski definition) is 4. The first kappa shape index (κ1) is 17.9. The van der Waals surface area contributed by atoms with E-state index in [4.69, 9.17) is 9.47 Å². The second kappa shape index (κ2) is 6.88. The highest BCUT2D eigenvalue weighted by molar-refractivity contribution is 5.81. The Hall–Kier alpha value is -3.54. The van der Waals surface area contributed by atoms with Crippen molar-refractivity contribution in [2.45, 2.75) is 6.42 Å². The number of methoxy groups -OCH3 is 1. The zero-order valence-corrected chi connectivity index (χ0v) is 15.9. The summed E-state index contributed by atoms with van der Waals surface area (Å²) in [6, 6.07) is 8.93. The fourth-order valence-electron chi connectivity index (χ4n) is 3.41. The lowest BCUT2D eigenvalue weighted by molar-refractivity contribution is 0.408. The topological polar surface area (TPSA) is 62.5 Å². The molecule has 0 saturated heterocycles. The van der Waals surface area contributed by atoms with E-state index >= 15 is 0 Å². The van der Waals surface area contributed by atoms with E-state index in [1.807, 2.05) is 24.3 Å². The van der Waals surface area contributed by atoms with Crippen molar-refractivity contribution in [2.24, 2.45) is 14.1 Å². The molecule has 1 aliphatic rings. The summed E-state index contributed by atoms with van der Waals surface area (Å²) in [5, 5.41) is 0. The molecule has 0 N–H and O–H groups in total. The van der Waals surface area contributed by atoms with Gasteiger partial charge in [0.1, 0.15) is 11.5 Å². The van der Waals surface area contributed by atoms with Crippen molar-refractivity contribution in [3.63, 3.8) is 0 Å². The Morgan fingerprint density at radius 3 is 2.54 bits per heavy atom. The zero-order chi connectivity index (χ0) is 19.8. The van der Waals surface area contributed by atoms with Crippen LogP contribution in [0.4, 0.5) is 0 Å². The first-order valence-corrected chi connectivity index (χ1v) is 8.90. The molecule has 0 aliphatic heterocycles. The summed E-state index contributed by atoms with van der Waals surface area (Å²) < 4.78 is 14.3. The smallest absolute Gasteiger partial charge is 0.293 e. The minimum absolute atomic E-state index is 0.0251. The van der Waals surface area contributed by atoms with E-state index in [1.54, 1.807) is 56.4 Å². The van der Waals surface area contributed by atoms with Crippen LogP contribution in [0.15, 0.2) is 58.4 Å². The normalized spacial score (nSPS) is 12.1. The Labute approximate surface area is 161 Å². The van der Waals surface area contributed by atoms with Gasteiger partial charge in [-0.25, -0.2) is 0 Å². The highest BCUT2D eigenvalue weighted by Crippen LogP contribution is 2.35. The van der Waals surface area contributed by atoms with Crippen LogP contribution in [0, 0.1) is 0 Å². The Kier molecular flexibility index (Phi) is 4.39. The third-order valence-electron chi connectivity index (χ3n) is 4.90. The lowest BCUT2D eigenvalue weighted by Crippen LogP contribution is -2.22. The van der Waals surface area contributed by atoms with Crippen LogP contribution in [-0.4, -0.2) is 16.2 Å². The quantitative estimate of drug-likeness (QED) is 0.702. The van der Waals surface area contributed by atoms with Gasteiger partial charge in [-0.15, -0.1) is 0 Å². The van der Waals surface area contributed by atoms with E-state index in [-0.39, 0.29) is 16.9 Å². The predicted octanol–water partition coefficient (Wildman–Crippen LogP) is 3.12. The van der Waals surface area contributed by atoms with Gasteiger partial charge in [0.25, 0.3) is 11.1 Å². The van der Waals surface area contributed by atoms with Crippen molar-refractivity contribution in [1.29, 1.82) is 0 Å². The number of ether oxygens (including phenoxy) is 2. The molecular formula is C22H20N2O4. The Morgan fingerprint density at radius 2 is 1.75 bits per heavy atom. The largest absolute Gasteiger partial charge is 0.497 e. The van der Waals surface area contributed by atoms with Gasteiger partial charge in [-0.3, -0.25) is 9.59 Å². The Bertz CT molecular complexity index is 1220. The van der Waals surface area contributed by atoms with E-state index in [2.05, 4.69) is 0 Å². The molecule has 2 heterocycles. The monoisotopic (exact) mass is 376 g/mol. The second-order valence-corrected chi connectivity index (χ2v) is 6.71. The van der Waals surface area contributed by atoms with Crippen molar-refractivity contribution in [2.75, 3.05) is 7.11 Å². The van der Waals surface area contributed by atoms with Crippen molar-refractivity contribution < 1.29 is 9.47 Å². The van der Waals surface area contributed by atoms with Gasteiger partial charge < -0.3 is 18.6 Å². The molecule has 0 bridgehead atoms. The zero-order valence-electron chi connectivity index (χ0n) is 15.9. The van der Waals surface area contributed by atoms with Crippen molar-refractivity contribution in [1.82, 2.24) is 9.13 Å². The summed E-state index contributed by atoms with van der Waals surface area (Å²) >= 11 is 0. The SMILES string of the molecule is COc1cccc(Oc2c(-c3cn(C)c(=O)c4c3C=CC4)ccn(C)c2=O)c1. The molecule has 0 fully saturated rings. The highest BCUT2D eigenvalue weighted by Gasteiger charge is 2.21. The van der Waals surface area contributed by atoms with Gasteiger partial charge in [-0.2, -0.15) is 0 Å². The molecule has 3 aromatic rings. The summed E-state index contributed by atoms with van der Waals surface area (Å²) in [7, 11) is 4.97. The standard InChI is InChI=1S/C22H20N2O4/c1-23-11-10-17(19-13-24(2)21(25)18-9-5-8-16(18)19)20(22(23)26)28-15-7-4-6-14(12-15)27-3/h4-8,10-13H,9H2,1-3H3. The number of allylic oxidation sites excluding steroid dienone is 1. The predicted molar refractivity (Wildman–Crippen MR) is 108 cm³/mol. The maximum Gasteiger partial charge on any atom is 0.293 e. The summed E-state index contributed by atoms with van der Waals surface area (Å²) in [5.74, 6) is 1.35. The van der Waals surface area contributed by atoms with Crippen LogP contribution in [-0.2, 0) is 20.5 Å². The molecule has 1 aromatic carbocycles. The molecule has 0 unspecified atom stereocenters. The number of nitrogens with zero attached hydrogens (tertiary/aromatic N) is 2. The molecular weight excluding hydrogens is 356 g/mol. The van der Waals surface area contributed by atoms with E-state index in [0.29, 0.717) is 23.5 Å². The Balaban J connectivity index is 1.93. The molecule has 0 atom stereocenters. The molecule has 6 heteroatoms. The van der Waals surface area contributed by atoms with Crippen LogP contribution >= 0.6 is 0 Å². The van der Waals surface area contributed by atoms with Gasteiger partial charge in [0.05, 0.1) is 7.11 Å². The molecule has 4 rings (SSSR count). The third-order valence-corrected chi connectivity index (χ3v) is 4.90. The molecule has 0 saturated carbocycles. The highest BCUT2D eigenvalue weighted by atomic mass is 16.5. The number of rotatable bonds is 4. The van der Waals surface area contributed by atoms with Gasteiger partial charge >= 0.3 is 0 Å². The van der Waals surface area contributed by atoms with E-state index in [9.17, 15) is 9.59 Å². The Morgan fingerprint density at radius 1 is 0.964 bits per heavy atom. The fraction of sp³-hybridized carbons (Fsp3) is 0.182. The number of pyridine rings is 2. The summed E-state index contributed by atoms with van der Waals surface area (Å²) in [6.07, 6.45) is 7.93. The van der Waals surface area contributed by atoms with Gasteiger partial charge in [0, 0.05) is 49.2 Å². The number of fused-ring (bicyclic) bond motifs is 1. The second-order valence-electron chi connectivity index (χ2n) is 6.71. The number of hydrogen-bond donors (Lipinski definition) is 0. The number of aryl methyl sites for hydroxylation is 2. The summed E-state index contributed by atoms with van der Waals surface area (Å²) in [4.78, 5) is 25.3. The third kappa shape index (κ3) is 2.93. The molecule has 1 aliphatic carbocycles. The van der Waals surface area contributed by atoms with Crippen molar-refractivity contribution in [3.05, 3.63) is 80.6 Å². The van der Waals surface area contributed by atoms with Gasteiger partial charge in [0.2, 0.25) is 0 Å². The molecule has 2 aromatic heterocycles. The van der Waals surface area contributed by atoms with Crippen molar-refractivity contribution in [3.8, 4) is 28.4 Å². The summed E-state index contributed by atoms with van der Waals surface area (Å²) in [5.41, 5.74) is 2.72. The van der Waals surface area contributed by atoms with Crippen LogP contribution in [0.2, 0.25) is 0 Å². The fourth-order valence-corrected chi connectivity index (χ4v) is 3.41. The van der Waals surface area contributed by atoms with Gasteiger partial charge in [-0.05, 0) is 30.2 Å². The maximum absolute atomic E-state index is 12.9. The minimum Gasteiger partial charge on any atom is -0.497 e. The average Bonchev–Trinajstić information content (AvgIpc) is 3.19. The molecule has 0 radical (unpaired) electrons. The van der Waals surface area contributed by atoms with Crippen LogP contribution in [0.5, 0.6) is 17.2 Å². The lowest BCUT2D eigenvalue weighted by Gasteiger charge is -2.16. The molecule has 142 valence electrons. The van der Waals surface area contributed by atoms with E-state index in [0.717, 1.165) is 16.7 Å². The van der Waals surface area contributed by atoms with Crippen LogP contribution in [0.3, 0.4) is 0 Å². The maximum atomic E-state index is 12.9. The van der Waals surface area contributed by atoms with Crippen LogP contribution in [0.1, 0.15) is 11.1 Å². The van der Waals surface area contributed by atoms with E-state index in [1.165, 1.54) is 4.57 Å². The lowest BCUT2D eigenvalue weighted by atomic mass is 9.99. The molecule has 6 nitrogen and oxygen atoms in total. The van der Waals surface area contributed by atoms with Crippen LogP contribution < -0.4 is 20.6 Å². The molecule has 0 spiro atoms. The van der Waals surface area contributed by atoms with Crippen LogP contribution in [0.25, 0.3) is 17.2 Å². The molecule has 28 heavy (non-hydrogen) atoms. The average molecular weight is 376 g/mol. The van der Waals surface area contributed by atoms with Crippen molar-refractivity contribution >= 4 is 6.08 Å². The number of aromatic nitrogens is 2. The van der Waals surface area contributed by atoms with E-state index < -0.39 is 0 Å². The van der Waals surface area contributed by atoms with Gasteiger partial charge in [0.15, 0.2) is 5.75 Å².